The van der Waals surface area contributed by atoms with Gasteiger partial charge in [0.1, 0.15) is 87.4 Å². The Morgan fingerprint density at radius 1 is 0.358 bits per heavy atom. The molecule has 0 aliphatic carbocycles. The van der Waals surface area contributed by atoms with Crippen molar-refractivity contribution in [2.75, 3.05) is 13.2 Å². The highest BCUT2D eigenvalue weighted by Gasteiger charge is 2.52. The van der Waals surface area contributed by atoms with Crippen LogP contribution in [0.3, 0.4) is 0 Å². The van der Waals surface area contributed by atoms with Gasteiger partial charge in [0.2, 0.25) is 29.8 Å². The van der Waals surface area contributed by atoms with E-state index in [2.05, 4.69) is 0 Å². The van der Waals surface area contributed by atoms with Gasteiger partial charge in [-0.1, -0.05) is 212 Å². The third-order valence-corrected chi connectivity index (χ3v) is 16.3. The molecule has 13 rings (SSSR count). The van der Waals surface area contributed by atoms with Crippen LogP contribution in [0, 0.1) is 0 Å². The lowest BCUT2D eigenvalue weighted by Gasteiger charge is -2.45. The van der Waals surface area contributed by atoms with Crippen molar-refractivity contribution in [3.8, 4) is 40.2 Å². The first-order chi connectivity index (χ1) is 46.6. The zero-order chi connectivity index (χ0) is 65.0. The highest BCUT2D eigenvalue weighted by molar-refractivity contribution is 5.96. The molecule has 0 bridgehead atoms. The second kappa shape index (κ2) is 30.2. The summed E-state index contributed by atoms with van der Waals surface area (Å²) in [6.07, 6.45) is -16.5. The lowest BCUT2D eigenvalue weighted by atomic mass is 9.98. The molecular formula is C75H68O20. The van der Waals surface area contributed by atoms with Crippen LogP contribution in [0.5, 0.6) is 40.2 Å². The Balaban J connectivity index is 0.932. The zero-order valence-corrected chi connectivity index (χ0v) is 51.1. The van der Waals surface area contributed by atoms with E-state index in [4.69, 9.17) is 66.3 Å². The first-order valence-corrected chi connectivity index (χ1v) is 31.1. The van der Waals surface area contributed by atoms with Crippen LogP contribution in [0.1, 0.15) is 72.2 Å². The Kier molecular flexibility index (Phi) is 20.3. The van der Waals surface area contributed by atoms with E-state index in [1.165, 1.54) is 18.2 Å². The minimum absolute atomic E-state index is 0.0250. The molecule has 95 heavy (non-hydrogen) atoms. The monoisotopic (exact) mass is 1290 g/mol. The Labute approximate surface area is 547 Å². The molecule has 0 aromatic heterocycles. The number of aliphatic hydroxyl groups excluding tert-OH is 4. The summed E-state index contributed by atoms with van der Waals surface area (Å²) in [5.74, 6) is -3.38. The second-order valence-corrected chi connectivity index (χ2v) is 22.9. The average molecular weight is 1290 g/mol. The van der Waals surface area contributed by atoms with Crippen LogP contribution in [-0.2, 0) is 70.9 Å². The molecule has 4 saturated heterocycles. The third-order valence-electron chi connectivity index (χ3n) is 16.3. The molecule has 20 heteroatoms. The summed E-state index contributed by atoms with van der Waals surface area (Å²) in [5.41, 5.74) is 4.31. The van der Waals surface area contributed by atoms with E-state index in [0.29, 0.717) is 16.7 Å². The van der Waals surface area contributed by atoms with Gasteiger partial charge in [-0.2, -0.15) is 0 Å². The van der Waals surface area contributed by atoms with E-state index >= 15 is 9.59 Å². The van der Waals surface area contributed by atoms with Gasteiger partial charge in [-0.05, 0) is 39.9 Å². The van der Waals surface area contributed by atoms with Crippen molar-refractivity contribution in [1.82, 2.24) is 0 Å². The molecule has 0 radical (unpaired) electrons. The summed E-state index contributed by atoms with van der Waals surface area (Å²) >= 11 is 0. The van der Waals surface area contributed by atoms with Crippen molar-refractivity contribution in [3.63, 3.8) is 0 Å². The largest absolute Gasteiger partial charge is 0.485 e. The molecule has 0 amide bonds. The summed E-state index contributed by atoms with van der Waals surface area (Å²) in [7, 11) is 0. The summed E-state index contributed by atoms with van der Waals surface area (Å²) in [4.78, 5) is 30.7. The molecule has 9 aromatic rings. The number of aliphatic hydroxyl groups is 4. The Morgan fingerprint density at radius 2 is 0.705 bits per heavy atom. The lowest BCUT2D eigenvalue weighted by Crippen LogP contribution is -2.62. The Bertz CT molecular complexity index is 3970. The highest BCUT2D eigenvalue weighted by atomic mass is 16.8. The number of hydrogen-bond acceptors (Lipinski definition) is 20. The van der Waals surface area contributed by atoms with E-state index in [0.717, 1.165) is 22.3 Å². The SMILES string of the molecule is O=C(O[C@@H]1O[C@@H]2COC(c3ccccc3)O[C@H]2[C@H](O)[C@H]1O)c1cc(OCc2ccccc2)c(OCc2ccccc2)c(Oc2c(C(=O)O[C@@H]3O[C@@H]4COC(c5ccccc5)O[C@H]4[C@H](O)[C@H]3O)cc(OCc3ccccc3)c(OCc3ccccc3)c2OCc2ccccc2)c1. The van der Waals surface area contributed by atoms with E-state index in [1.54, 1.807) is 24.3 Å². The molecule has 12 atom stereocenters. The van der Waals surface area contributed by atoms with Crippen molar-refractivity contribution in [2.45, 2.75) is 107 Å². The average Bonchev–Trinajstić information content (AvgIpc) is 0.813. The van der Waals surface area contributed by atoms with Gasteiger partial charge in [0, 0.05) is 17.2 Å². The van der Waals surface area contributed by atoms with Gasteiger partial charge in [-0.25, -0.2) is 9.59 Å². The van der Waals surface area contributed by atoms with Gasteiger partial charge in [0.15, 0.2) is 35.6 Å². The van der Waals surface area contributed by atoms with Crippen molar-refractivity contribution in [1.29, 1.82) is 0 Å². The zero-order valence-electron chi connectivity index (χ0n) is 51.1. The molecule has 488 valence electrons. The van der Waals surface area contributed by atoms with Gasteiger partial charge in [-0.3, -0.25) is 0 Å². The third kappa shape index (κ3) is 15.3. The molecule has 4 aliphatic rings. The summed E-state index contributed by atoms with van der Waals surface area (Å²) in [5, 5.41) is 47.0. The maximum atomic E-state index is 15.7. The van der Waals surface area contributed by atoms with Crippen LogP contribution >= 0.6 is 0 Å². The molecule has 4 aliphatic heterocycles. The van der Waals surface area contributed by atoms with Crippen LogP contribution in [0.15, 0.2) is 231 Å². The van der Waals surface area contributed by atoms with Crippen molar-refractivity contribution in [3.05, 3.63) is 281 Å². The normalized spacial score (nSPS) is 23.7. The summed E-state index contributed by atoms with van der Waals surface area (Å²) < 4.78 is 89.8. The Hall–Kier alpha value is -9.68. The number of fused-ring (bicyclic) bond motifs is 2. The van der Waals surface area contributed by atoms with Gasteiger partial charge >= 0.3 is 11.9 Å². The minimum atomic E-state index is -1.87. The van der Waals surface area contributed by atoms with Crippen LogP contribution in [0.2, 0.25) is 0 Å². The number of carbonyl (C=O) groups is 2. The molecule has 4 heterocycles. The molecule has 0 saturated carbocycles. The topological polar surface area (TPSA) is 244 Å². The van der Waals surface area contributed by atoms with Gasteiger partial charge in [0.25, 0.3) is 0 Å². The number of rotatable bonds is 23. The molecule has 2 unspecified atom stereocenters. The fraction of sp³-hybridized carbons (Fsp3) is 0.253. The van der Waals surface area contributed by atoms with Crippen molar-refractivity contribution < 1.29 is 96.3 Å². The molecule has 20 nitrogen and oxygen atoms in total. The summed E-state index contributed by atoms with van der Waals surface area (Å²) in [6, 6.07) is 68.3. The molecular weight excluding hydrogens is 1220 g/mol. The smallest absolute Gasteiger partial charge is 0.344 e. The minimum Gasteiger partial charge on any atom is -0.485 e. The maximum absolute atomic E-state index is 15.7. The van der Waals surface area contributed by atoms with Gasteiger partial charge in [0.05, 0.1) is 18.8 Å². The Morgan fingerprint density at radius 3 is 1.13 bits per heavy atom. The first-order valence-electron chi connectivity index (χ1n) is 31.1. The molecule has 9 aromatic carbocycles. The van der Waals surface area contributed by atoms with Gasteiger partial charge in [-0.15, -0.1) is 0 Å². The molecule has 4 N–H and O–H groups in total. The quantitative estimate of drug-likeness (QED) is 0.0435. The fourth-order valence-electron chi connectivity index (χ4n) is 11.3. The lowest BCUT2D eigenvalue weighted by molar-refractivity contribution is -0.353. The van der Waals surface area contributed by atoms with Crippen LogP contribution in [0.4, 0.5) is 0 Å². The standard InChI is InChI=1S/C75H68O20/c76-60-62(78)74(90-58-44-87-72(92-66(58)60)51-32-18-6-19-33-51)94-70(80)53-36-55(82-39-46-22-8-1-9-23-46)65(84-41-48-26-12-3-13-27-48)57(37-53)89-64-54(71(81)95-75-63(79)61(77)67-59(91-75)45-88-73(93-67)52-34-20-7-21-35-52)38-56(83-40-47-24-10-2-11-25-47)68(85-42-49-28-14-4-15-29-49)69(64)86-43-50-30-16-5-17-31-50/h1-38,58-63,66-67,72-79H,39-45H2/t58-,59-,60-,61-,62-,63-,66-,67-,72?,73?,74+,75+/m1/s1. The van der Waals surface area contributed by atoms with Crippen LogP contribution in [0.25, 0.3) is 0 Å². The summed E-state index contributed by atoms with van der Waals surface area (Å²) in [6.45, 7) is -0.646. The number of benzene rings is 9. The fourth-order valence-corrected chi connectivity index (χ4v) is 11.3. The second-order valence-electron chi connectivity index (χ2n) is 22.9. The first kappa shape index (κ1) is 64.0. The highest BCUT2D eigenvalue weighted by Crippen LogP contribution is 2.53. The van der Waals surface area contributed by atoms with Gasteiger partial charge < -0.3 is 86.7 Å². The maximum Gasteiger partial charge on any atom is 0.344 e. The van der Waals surface area contributed by atoms with Crippen molar-refractivity contribution >= 4 is 11.9 Å². The van der Waals surface area contributed by atoms with Crippen LogP contribution in [-0.4, -0.2) is 107 Å². The number of esters is 2. The number of carbonyl (C=O) groups excluding carboxylic acids is 2. The number of hydrogen-bond donors (Lipinski definition) is 4. The molecule has 4 fully saturated rings. The number of ether oxygens (including phenoxy) is 14. The van der Waals surface area contributed by atoms with Crippen molar-refractivity contribution in [2.24, 2.45) is 0 Å². The predicted molar refractivity (Wildman–Crippen MR) is 339 cm³/mol. The van der Waals surface area contributed by atoms with E-state index in [9.17, 15) is 20.4 Å². The van der Waals surface area contributed by atoms with Crippen LogP contribution < -0.4 is 28.4 Å². The van der Waals surface area contributed by atoms with E-state index < -0.39 is 97.2 Å². The van der Waals surface area contributed by atoms with E-state index in [-0.39, 0.29) is 86.3 Å². The predicted octanol–water partition coefficient (Wildman–Crippen LogP) is 10.8. The van der Waals surface area contributed by atoms with E-state index in [1.807, 2.05) is 188 Å². The molecule has 0 spiro atoms.